The van der Waals surface area contributed by atoms with Crippen LogP contribution in [-0.4, -0.2) is 18.5 Å². The molecule has 114 valence electrons. The second kappa shape index (κ2) is 5.41. The minimum absolute atomic E-state index is 0.0625. The summed E-state index contributed by atoms with van der Waals surface area (Å²) in [5.41, 5.74) is 7.32. The molecule has 0 bridgehead atoms. The number of fused-ring (bicyclic) bond motifs is 2. The molecule has 1 aliphatic heterocycles. The van der Waals surface area contributed by atoms with E-state index in [1.165, 1.54) is 6.07 Å². The van der Waals surface area contributed by atoms with Crippen molar-refractivity contribution in [1.29, 1.82) is 0 Å². The summed E-state index contributed by atoms with van der Waals surface area (Å²) in [6, 6.07) is 4.58. The van der Waals surface area contributed by atoms with Crippen LogP contribution in [0.4, 0.5) is 10.1 Å². The van der Waals surface area contributed by atoms with E-state index in [9.17, 15) is 9.18 Å². The lowest BCUT2D eigenvalue weighted by Gasteiger charge is -2.26. The third-order valence-corrected chi connectivity index (χ3v) is 5.02. The first-order valence-corrected chi connectivity index (χ1v) is 7.95. The molecule has 1 aromatic carbocycles. The van der Waals surface area contributed by atoms with Crippen LogP contribution >= 0.6 is 0 Å². The number of anilines is 1. The zero-order valence-electron chi connectivity index (χ0n) is 12.6. The lowest BCUT2D eigenvalue weighted by atomic mass is 9.80. The molecule has 0 saturated heterocycles. The first-order chi connectivity index (χ1) is 10.1. The number of nitrogens with zero attached hydrogens (tertiary/aromatic N) is 1. The summed E-state index contributed by atoms with van der Waals surface area (Å²) in [4.78, 5) is 14.4. The van der Waals surface area contributed by atoms with Crippen molar-refractivity contribution in [2.45, 2.75) is 56.9 Å². The number of benzene rings is 1. The molecule has 1 spiro atoms. The Balaban J connectivity index is 1.99. The second-order valence-electron chi connectivity index (χ2n) is 6.44. The van der Waals surface area contributed by atoms with Gasteiger partial charge in [0.25, 0.3) is 0 Å². The summed E-state index contributed by atoms with van der Waals surface area (Å²) in [5, 5.41) is 0. The molecule has 1 atom stereocenters. The highest BCUT2D eigenvalue weighted by atomic mass is 19.1. The van der Waals surface area contributed by atoms with Gasteiger partial charge in [-0.2, -0.15) is 0 Å². The maximum Gasteiger partial charge on any atom is 0.243 e. The van der Waals surface area contributed by atoms with Crippen molar-refractivity contribution in [3.05, 3.63) is 29.6 Å². The number of rotatable bonds is 3. The molecule has 1 aromatic rings. The van der Waals surface area contributed by atoms with Crippen LogP contribution in [0.3, 0.4) is 0 Å². The minimum atomic E-state index is -0.484. The number of carbonyl (C=O) groups is 1. The largest absolute Gasteiger partial charge is 0.320 e. The Hall–Kier alpha value is -1.42. The monoisotopic (exact) mass is 290 g/mol. The summed E-state index contributed by atoms with van der Waals surface area (Å²) in [5.74, 6) is -0.235. The zero-order chi connectivity index (χ0) is 15.0. The van der Waals surface area contributed by atoms with Crippen molar-refractivity contribution in [3.8, 4) is 0 Å². The topological polar surface area (TPSA) is 46.3 Å². The van der Waals surface area contributed by atoms with Gasteiger partial charge in [0.15, 0.2) is 0 Å². The Labute approximate surface area is 125 Å². The van der Waals surface area contributed by atoms with Crippen molar-refractivity contribution in [2.75, 3.05) is 11.4 Å². The summed E-state index contributed by atoms with van der Waals surface area (Å²) < 4.78 is 14.4. The first-order valence-electron chi connectivity index (χ1n) is 7.95. The molecule has 3 rings (SSSR count). The Morgan fingerprint density at radius 3 is 2.81 bits per heavy atom. The SMILES string of the molecule is CCCC(N)C(=O)N1CC2(CCCC2)c2c(F)cccc21. The number of carbonyl (C=O) groups excluding carboxylic acids is 1. The second-order valence-corrected chi connectivity index (χ2v) is 6.44. The van der Waals surface area contributed by atoms with Crippen LogP contribution in [0.2, 0.25) is 0 Å². The van der Waals surface area contributed by atoms with Gasteiger partial charge in [-0.15, -0.1) is 0 Å². The average molecular weight is 290 g/mol. The van der Waals surface area contributed by atoms with Gasteiger partial charge >= 0.3 is 0 Å². The van der Waals surface area contributed by atoms with E-state index in [0.29, 0.717) is 13.0 Å². The number of hydrogen-bond acceptors (Lipinski definition) is 2. The van der Waals surface area contributed by atoms with E-state index in [-0.39, 0.29) is 17.1 Å². The molecule has 1 heterocycles. The predicted octanol–water partition coefficient (Wildman–Crippen LogP) is 3.11. The maximum absolute atomic E-state index is 14.4. The third-order valence-electron chi connectivity index (χ3n) is 5.02. The Kier molecular flexibility index (Phi) is 3.74. The molecular formula is C17H23FN2O. The predicted molar refractivity (Wildman–Crippen MR) is 81.8 cm³/mol. The molecular weight excluding hydrogens is 267 g/mol. The normalized spacial score (nSPS) is 20.8. The van der Waals surface area contributed by atoms with Crippen molar-refractivity contribution >= 4 is 11.6 Å². The van der Waals surface area contributed by atoms with Crippen LogP contribution in [0, 0.1) is 5.82 Å². The molecule has 21 heavy (non-hydrogen) atoms. The molecule has 1 amide bonds. The number of hydrogen-bond donors (Lipinski definition) is 1. The van der Waals surface area contributed by atoms with Crippen molar-refractivity contribution in [1.82, 2.24) is 0 Å². The molecule has 2 N–H and O–H groups in total. The highest BCUT2D eigenvalue weighted by molar-refractivity contribution is 5.99. The standard InChI is InChI=1S/C17H23FN2O/c1-2-6-13(19)16(21)20-11-17(9-3-4-10-17)15-12(18)7-5-8-14(15)20/h5,7-8,13H,2-4,6,9-11,19H2,1H3. The van der Waals surface area contributed by atoms with Crippen molar-refractivity contribution in [2.24, 2.45) is 5.73 Å². The summed E-state index contributed by atoms with van der Waals surface area (Å²) in [6.45, 7) is 2.61. The van der Waals surface area contributed by atoms with E-state index in [1.807, 2.05) is 13.0 Å². The van der Waals surface area contributed by atoms with E-state index >= 15 is 0 Å². The first kappa shape index (κ1) is 14.5. The van der Waals surface area contributed by atoms with Gasteiger partial charge in [-0.3, -0.25) is 4.79 Å². The van der Waals surface area contributed by atoms with Crippen LogP contribution in [-0.2, 0) is 10.2 Å². The van der Waals surface area contributed by atoms with Gasteiger partial charge in [0.2, 0.25) is 5.91 Å². The fourth-order valence-corrected chi connectivity index (χ4v) is 4.02. The van der Waals surface area contributed by atoms with Gasteiger partial charge in [0.1, 0.15) is 5.82 Å². The Morgan fingerprint density at radius 1 is 1.43 bits per heavy atom. The summed E-state index contributed by atoms with van der Waals surface area (Å²) in [7, 11) is 0. The van der Waals surface area contributed by atoms with Crippen LogP contribution in [0.1, 0.15) is 51.0 Å². The maximum atomic E-state index is 14.4. The molecule has 0 radical (unpaired) electrons. The van der Waals surface area contributed by atoms with Gasteiger partial charge in [-0.05, 0) is 31.4 Å². The van der Waals surface area contributed by atoms with Gasteiger partial charge in [-0.1, -0.05) is 32.3 Å². The molecule has 1 fully saturated rings. The summed E-state index contributed by atoms with van der Waals surface area (Å²) in [6.07, 6.45) is 5.70. The minimum Gasteiger partial charge on any atom is -0.320 e. The van der Waals surface area contributed by atoms with Crippen LogP contribution < -0.4 is 10.6 Å². The highest BCUT2D eigenvalue weighted by Crippen LogP contribution is 2.51. The lowest BCUT2D eigenvalue weighted by molar-refractivity contribution is -0.120. The molecule has 2 aliphatic rings. The Morgan fingerprint density at radius 2 is 2.14 bits per heavy atom. The van der Waals surface area contributed by atoms with E-state index in [0.717, 1.165) is 43.4 Å². The van der Waals surface area contributed by atoms with E-state index < -0.39 is 6.04 Å². The molecule has 1 unspecified atom stereocenters. The van der Waals surface area contributed by atoms with Gasteiger partial charge < -0.3 is 10.6 Å². The molecule has 4 heteroatoms. The molecule has 3 nitrogen and oxygen atoms in total. The smallest absolute Gasteiger partial charge is 0.243 e. The van der Waals surface area contributed by atoms with Crippen molar-refractivity contribution in [3.63, 3.8) is 0 Å². The molecule has 1 aliphatic carbocycles. The lowest BCUT2D eigenvalue weighted by Crippen LogP contribution is -2.45. The quantitative estimate of drug-likeness (QED) is 0.929. The fourth-order valence-electron chi connectivity index (χ4n) is 4.02. The number of nitrogens with two attached hydrogens (primary N) is 1. The Bertz CT molecular complexity index is 552. The molecule has 0 aromatic heterocycles. The zero-order valence-corrected chi connectivity index (χ0v) is 12.6. The fraction of sp³-hybridized carbons (Fsp3) is 0.588. The van der Waals surface area contributed by atoms with Crippen LogP contribution in [0.15, 0.2) is 18.2 Å². The van der Waals surface area contributed by atoms with E-state index in [2.05, 4.69) is 0 Å². The number of amides is 1. The third kappa shape index (κ3) is 2.26. The average Bonchev–Trinajstić information content (AvgIpc) is 3.06. The van der Waals surface area contributed by atoms with Gasteiger partial charge in [-0.25, -0.2) is 4.39 Å². The van der Waals surface area contributed by atoms with Gasteiger partial charge in [0.05, 0.1) is 11.7 Å². The molecule has 1 saturated carbocycles. The van der Waals surface area contributed by atoms with Crippen molar-refractivity contribution < 1.29 is 9.18 Å². The summed E-state index contributed by atoms with van der Waals surface area (Å²) >= 11 is 0. The van der Waals surface area contributed by atoms with Gasteiger partial charge in [0, 0.05) is 17.5 Å². The number of halogens is 1. The van der Waals surface area contributed by atoms with E-state index in [4.69, 9.17) is 5.73 Å². The highest BCUT2D eigenvalue weighted by Gasteiger charge is 2.48. The van der Waals surface area contributed by atoms with Crippen LogP contribution in [0.25, 0.3) is 0 Å². The van der Waals surface area contributed by atoms with E-state index in [1.54, 1.807) is 11.0 Å². The van der Waals surface area contributed by atoms with Crippen LogP contribution in [0.5, 0.6) is 0 Å².